The van der Waals surface area contributed by atoms with E-state index in [1.807, 2.05) is 24.3 Å². The van der Waals surface area contributed by atoms with Gasteiger partial charge in [0.05, 0.1) is 12.3 Å². The second-order valence-corrected chi connectivity index (χ2v) is 7.83. The van der Waals surface area contributed by atoms with E-state index in [0.717, 1.165) is 41.7 Å². The normalized spacial score (nSPS) is 14.2. The molecule has 2 heterocycles. The third kappa shape index (κ3) is 5.22. The van der Waals surface area contributed by atoms with Crippen LogP contribution in [0.5, 0.6) is 0 Å². The van der Waals surface area contributed by atoms with Crippen molar-refractivity contribution in [3.8, 4) is 0 Å². The number of carbonyl (C=O) groups is 3. The van der Waals surface area contributed by atoms with E-state index in [-0.39, 0.29) is 35.1 Å². The van der Waals surface area contributed by atoms with Gasteiger partial charge < -0.3 is 15.2 Å². The van der Waals surface area contributed by atoms with Gasteiger partial charge in [0.15, 0.2) is 0 Å². The second-order valence-electron chi connectivity index (χ2n) is 6.80. The van der Waals surface area contributed by atoms with Crippen LogP contribution >= 0.6 is 11.8 Å². The molecule has 1 aliphatic heterocycles. The highest BCUT2D eigenvalue weighted by molar-refractivity contribution is 8.14. The van der Waals surface area contributed by atoms with Crippen molar-refractivity contribution < 1.29 is 14.4 Å². The summed E-state index contributed by atoms with van der Waals surface area (Å²) in [5.41, 5.74) is 2.10. The summed E-state index contributed by atoms with van der Waals surface area (Å²) in [6.07, 6.45) is 5.71. The Balaban J connectivity index is 1.42. The number of hydrogen-bond donors (Lipinski definition) is 2. The molecule has 0 radical (unpaired) electrons. The third-order valence-corrected chi connectivity index (χ3v) is 5.53. The standard InChI is InChI=1S/C20H24N4O3S/c1-14(11-17-21-8-9-22-17)20(27)23-12-19(26)28-13-18(25)24-10-4-6-15-5-2-3-7-16(15)24/h2-3,5,7-9,14H,4,6,10-13H2,1H3,(H,21,22)(H,23,27)/t14-/m0/s1. The molecule has 0 saturated carbocycles. The highest BCUT2D eigenvalue weighted by Gasteiger charge is 2.23. The van der Waals surface area contributed by atoms with Gasteiger partial charge in [-0.15, -0.1) is 0 Å². The zero-order chi connectivity index (χ0) is 19.9. The van der Waals surface area contributed by atoms with Crippen molar-refractivity contribution in [2.75, 3.05) is 23.7 Å². The van der Waals surface area contributed by atoms with Gasteiger partial charge in [-0.25, -0.2) is 4.98 Å². The minimum absolute atomic E-state index is 0.0744. The van der Waals surface area contributed by atoms with Crippen LogP contribution in [-0.4, -0.2) is 45.7 Å². The molecule has 7 nitrogen and oxygen atoms in total. The number of rotatable bonds is 7. The molecule has 8 heteroatoms. The summed E-state index contributed by atoms with van der Waals surface area (Å²) >= 11 is 0.949. The first kappa shape index (κ1) is 20.1. The fraction of sp³-hybridized carbons (Fsp3) is 0.400. The van der Waals surface area contributed by atoms with Crippen LogP contribution < -0.4 is 10.2 Å². The quantitative estimate of drug-likeness (QED) is 0.741. The van der Waals surface area contributed by atoms with Crippen molar-refractivity contribution in [2.24, 2.45) is 5.92 Å². The van der Waals surface area contributed by atoms with Gasteiger partial charge in [-0.2, -0.15) is 0 Å². The molecule has 2 N–H and O–H groups in total. The first-order chi connectivity index (χ1) is 13.5. The largest absolute Gasteiger partial charge is 0.349 e. The Hall–Kier alpha value is -2.61. The Kier molecular flexibility index (Phi) is 6.86. The number of imidazole rings is 1. The molecular formula is C20H24N4O3S. The van der Waals surface area contributed by atoms with Gasteiger partial charge in [-0.05, 0) is 24.5 Å². The van der Waals surface area contributed by atoms with E-state index < -0.39 is 0 Å². The third-order valence-electron chi connectivity index (χ3n) is 4.68. The fourth-order valence-corrected chi connectivity index (χ4v) is 3.80. The number of aromatic nitrogens is 2. The number of aromatic amines is 1. The average Bonchev–Trinajstić information content (AvgIpc) is 3.22. The van der Waals surface area contributed by atoms with Crippen LogP contribution in [0.25, 0.3) is 0 Å². The molecule has 0 unspecified atom stereocenters. The van der Waals surface area contributed by atoms with Crippen LogP contribution in [0, 0.1) is 5.92 Å². The number of nitrogens with zero attached hydrogens (tertiary/aromatic N) is 2. The number of fused-ring (bicyclic) bond motifs is 1. The van der Waals surface area contributed by atoms with Crippen molar-refractivity contribution in [2.45, 2.75) is 26.2 Å². The van der Waals surface area contributed by atoms with Gasteiger partial charge in [-0.3, -0.25) is 14.4 Å². The fourth-order valence-electron chi connectivity index (χ4n) is 3.19. The van der Waals surface area contributed by atoms with Gasteiger partial charge in [0.25, 0.3) is 0 Å². The Bertz CT molecular complexity index is 838. The number of benzene rings is 1. The van der Waals surface area contributed by atoms with E-state index in [1.54, 1.807) is 24.2 Å². The molecule has 0 spiro atoms. The maximum absolute atomic E-state index is 12.5. The molecule has 0 saturated heterocycles. The Morgan fingerprint density at radius 1 is 1.32 bits per heavy atom. The van der Waals surface area contributed by atoms with Crippen LogP contribution in [-0.2, 0) is 27.2 Å². The van der Waals surface area contributed by atoms with Crippen molar-refractivity contribution in [1.82, 2.24) is 15.3 Å². The number of anilines is 1. The Morgan fingerprint density at radius 2 is 2.14 bits per heavy atom. The number of H-pyrrole nitrogens is 1. The number of carbonyl (C=O) groups excluding carboxylic acids is 3. The molecule has 0 fully saturated rings. The SMILES string of the molecule is C[C@@H](Cc1ncc[nH]1)C(=O)NCC(=O)SCC(=O)N1CCCc2ccccc21. The molecule has 2 amide bonds. The van der Waals surface area contributed by atoms with Crippen molar-refractivity contribution in [3.05, 3.63) is 48.0 Å². The van der Waals surface area contributed by atoms with E-state index in [9.17, 15) is 14.4 Å². The van der Waals surface area contributed by atoms with E-state index in [0.29, 0.717) is 13.0 Å². The maximum atomic E-state index is 12.5. The number of thioether (sulfide) groups is 1. The van der Waals surface area contributed by atoms with Crippen LogP contribution in [0.4, 0.5) is 5.69 Å². The van der Waals surface area contributed by atoms with Gasteiger partial charge in [0, 0.05) is 37.0 Å². The van der Waals surface area contributed by atoms with Gasteiger partial charge in [0.2, 0.25) is 16.9 Å². The monoisotopic (exact) mass is 400 g/mol. The minimum Gasteiger partial charge on any atom is -0.349 e. The molecular weight excluding hydrogens is 376 g/mol. The molecule has 0 aliphatic carbocycles. The summed E-state index contributed by atoms with van der Waals surface area (Å²) in [5.74, 6) is 0.223. The molecule has 0 bridgehead atoms. The van der Waals surface area contributed by atoms with E-state index >= 15 is 0 Å². The van der Waals surface area contributed by atoms with Crippen LogP contribution in [0.1, 0.15) is 24.7 Å². The minimum atomic E-state index is -0.296. The lowest BCUT2D eigenvalue weighted by Gasteiger charge is -2.29. The summed E-state index contributed by atoms with van der Waals surface area (Å²) in [6, 6.07) is 7.87. The first-order valence-electron chi connectivity index (χ1n) is 9.34. The molecule has 3 rings (SSSR count). The van der Waals surface area contributed by atoms with Gasteiger partial charge in [0.1, 0.15) is 5.82 Å². The predicted molar refractivity (Wildman–Crippen MR) is 109 cm³/mol. The number of para-hydroxylation sites is 1. The summed E-state index contributed by atoms with van der Waals surface area (Å²) in [7, 11) is 0. The second kappa shape index (κ2) is 9.54. The van der Waals surface area contributed by atoms with Crippen LogP contribution in [0.3, 0.4) is 0 Å². The molecule has 1 aromatic carbocycles. The maximum Gasteiger partial charge on any atom is 0.237 e. The number of aryl methyl sites for hydroxylation is 1. The summed E-state index contributed by atoms with van der Waals surface area (Å²) in [6.45, 7) is 2.37. The number of nitrogens with one attached hydrogen (secondary N) is 2. The summed E-state index contributed by atoms with van der Waals surface area (Å²) in [5, 5.41) is 2.41. The smallest absolute Gasteiger partial charge is 0.237 e. The zero-order valence-electron chi connectivity index (χ0n) is 15.8. The highest BCUT2D eigenvalue weighted by atomic mass is 32.2. The van der Waals surface area contributed by atoms with Crippen molar-refractivity contribution in [3.63, 3.8) is 0 Å². The van der Waals surface area contributed by atoms with Gasteiger partial charge >= 0.3 is 0 Å². The molecule has 1 aliphatic rings. The molecule has 1 aromatic heterocycles. The lowest BCUT2D eigenvalue weighted by molar-refractivity contribution is -0.126. The number of amides is 2. The topological polar surface area (TPSA) is 95.2 Å². The predicted octanol–water partition coefficient (Wildman–Crippen LogP) is 1.94. The molecule has 148 valence electrons. The molecule has 1 atom stereocenters. The zero-order valence-corrected chi connectivity index (χ0v) is 16.6. The van der Waals surface area contributed by atoms with Crippen LogP contribution in [0.2, 0.25) is 0 Å². The summed E-state index contributed by atoms with van der Waals surface area (Å²) < 4.78 is 0. The van der Waals surface area contributed by atoms with Crippen molar-refractivity contribution >= 4 is 34.4 Å². The van der Waals surface area contributed by atoms with Gasteiger partial charge in [-0.1, -0.05) is 36.9 Å². The van der Waals surface area contributed by atoms with E-state index in [4.69, 9.17) is 0 Å². The number of hydrogen-bond acceptors (Lipinski definition) is 5. The first-order valence-corrected chi connectivity index (χ1v) is 10.3. The molecule has 2 aromatic rings. The van der Waals surface area contributed by atoms with E-state index in [1.165, 1.54) is 0 Å². The highest BCUT2D eigenvalue weighted by Crippen LogP contribution is 2.27. The summed E-state index contributed by atoms with van der Waals surface area (Å²) in [4.78, 5) is 45.5. The lowest BCUT2D eigenvalue weighted by Crippen LogP contribution is -2.37. The van der Waals surface area contributed by atoms with Crippen molar-refractivity contribution in [1.29, 1.82) is 0 Å². The lowest BCUT2D eigenvalue weighted by atomic mass is 10.0. The van der Waals surface area contributed by atoms with Crippen LogP contribution in [0.15, 0.2) is 36.7 Å². The Morgan fingerprint density at radius 3 is 2.93 bits per heavy atom. The van der Waals surface area contributed by atoms with E-state index in [2.05, 4.69) is 15.3 Å². The molecule has 28 heavy (non-hydrogen) atoms. The Labute approximate surface area is 168 Å². The average molecular weight is 401 g/mol.